The first-order valence-electron chi connectivity index (χ1n) is 7.17. The number of rotatable bonds is 4. The van der Waals surface area contributed by atoms with Gasteiger partial charge in [0.1, 0.15) is 0 Å². The molecule has 1 aromatic carbocycles. The highest BCUT2D eigenvalue weighted by molar-refractivity contribution is 8.00. The maximum Gasteiger partial charge on any atom is 0.237 e. The number of aromatic nitrogens is 3. The van der Waals surface area contributed by atoms with Crippen molar-refractivity contribution in [3.05, 3.63) is 46.1 Å². The molecule has 3 aromatic rings. The third-order valence-electron chi connectivity index (χ3n) is 3.40. The first-order chi connectivity index (χ1) is 11.4. The number of nitrogens with one attached hydrogen (secondary N) is 2. The van der Waals surface area contributed by atoms with Crippen molar-refractivity contribution in [2.45, 2.75) is 24.3 Å². The van der Waals surface area contributed by atoms with Crippen molar-refractivity contribution in [1.82, 2.24) is 15.0 Å². The van der Waals surface area contributed by atoms with Gasteiger partial charge in [0.25, 0.3) is 0 Å². The Morgan fingerprint density at radius 1 is 1.29 bits per heavy atom. The van der Waals surface area contributed by atoms with E-state index in [9.17, 15) is 4.79 Å². The van der Waals surface area contributed by atoms with Gasteiger partial charge < -0.3 is 10.3 Å². The summed E-state index contributed by atoms with van der Waals surface area (Å²) in [5.74, 6) is -0.128. The highest BCUT2D eigenvalue weighted by Crippen LogP contribution is 2.26. The van der Waals surface area contributed by atoms with Crippen LogP contribution >= 0.6 is 35.0 Å². The lowest BCUT2D eigenvalue weighted by molar-refractivity contribution is -0.115. The molecule has 3 rings (SSSR count). The Balaban J connectivity index is 1.72. The lowest BCUT2D eigenvalue weighted by Crippen LogP contribution is -2.23. The van der Waals surface area contributed by atoms with Crippen molar-refractivity contribution in [2.75, 3.05) is 5.32 Å². The number of hydrogen-bond donors (Lipinski definition) is 2. The van der Waals surface area contributed by atoms with Gasteiger partial charge in [0.15, 0.2) is 10.8 Å². The topological polar surface area (TPSA) is 70.7 Å². The number of amides is 1. The average molecular weight is 381 g/mol. The quantitative estimate of drug-likeness (QED) is 0.643. The molecule has 0 aliphatic carbocycles. The zero-order chi connectivity index (χ0) is 17.3. The van der Waals surface area contributed by atoms with Crippen molar-refractivity contribution in [3.8, 4) is 0 Å². The van der Waals surface area contributed by atoms with E-state index >= 15 is 0 Å². The Labute approximate surface area is 153 Å². The van der Waals surface area contributed by atoms with Crippen LogP contribution in [0.1, 0.15) is 12.5 Å². The Kier molecular flexibility index (Phi) is 4.99. The number of nitrogens with zero attached hydrogens (tertiary/aromatic N) is 2. The predicted octanol–water partition coefficient (Wildman–Crippen LogP) is 4.69. The number of fused-ring (bicyclic) bond motifs is 1. The summed E-state index contributed by atoms with van der Waals surface area (Å²) in [5.41, 5.74) is 2.97. The highest BCUT2D eigenvalue weighted by atomic mass is 35.5. The summed E-state index contributed by atoms with van der Waals surface area (Å²) in [6.07, 6.45) is 1.54. The van der Waals surface area contributed by atoms with Gasteiger partial charge in [0, 0.05) is 16.9 Å². The second kappa shape index (κ2) is 7.01. The second-order valence-corrected chi connectivity index (χ2v) is 7.48. The van der Waals surface area contributed by atoms with E-state index in [-0.39, 0.29) is 11.2 Å². The standard InChI is InChI=1S/C16H14Cl2N4OS/c1-8-3-4-10(17)5-12(8)20-15(23)9(2)24-16-21-13-6-11(18)7-19-14(13)22-16/h3-7,9H,1-2H3,(H,20,23)(H,19,21,22)/t9-/m1/s1. The monoisotopic (exact) mass is 380 g/mol. The van der Waals surface area contributed by atoms with Gasteiger partial charge in [-0.25, -0.2) is 9.97 Å². The van der Waals surface area contributed by atoms with E-state index in [2.05, 4.69) is 20.3 Å². The zero-order valence-corrected chi connectivity index (χ0v) is 15.3. The molecule has 0 aliphatic heterocycles. The summed E-state index contributed by atoms with van der Waals surface area (Å²) in [5, 5.41) is 4.27. The van der Waals surface area contributed by atoms with E-state index < -0.39 is 0 Å². The third-order valence-corrected chi connectivity index (χ3v) is 4.82. The maximum atomic E-state index is 12.4. The molecule has 2 heterocycles. The number of benzene rings is 1. The van der Waals surface area contributed by atoms with Crippen molar-refractivity contribution in [1.29, 1.82) is 0 Å². The number of thioether (sulfide) groups is 1. The van der Waals surface area contributed by atoms with Crippen molar-refractivity contribution in [2.24, 2.45) is 0 Å². The molecule has 0 bridgehead atoms. The molecule has 0 aliphatic rings. The van der Waals surface area contributed by atoms with E-state index in [1.54, 1.807) is 18.2 Å². The Hall–Kier alpha value is -1.76. The Morgan fingerprint density at radius 3 is 2.88 bits per heavy atom. The molecule has 0 radical (unpaired) electrons. The molecule has 8 heteroatoms. The fraction of sp³-hybridized carbons (Fsp3) is 0.188. The van der Waals surface area contributed by atoms with Crippen LogP contribution in [0.4, 0.5) is 5.69 Å². The van der Waals surface area contributed by atoms with Crippen LogP contribution in [-0.2, 0) is 4.79 Å². The molecular formula is C16H14Cl2N4OS. The van der Waals surface area contributed by atoms with Crippen LogP contribution in [-0.4, -0.2) is 26.1 Å². The summed E-state index contributed by atoms with van der Waals surface area (Å²) in [6, 6.07) is 7.14. The number of pyridine rings is 1. The van der Waals surface area contributed by atoms with Crippen LogP contribution in [0.2, 0.25) is 10.0 Å². The van der Waals surface area contributed by atoms with Crippen LogP contribution in [0.15, 0.2) is 35.6 Å². The van der Waals surface area contributed by atoms with Gasteiger partial charge in [-0.05, 0) is 37.6 Å². The van der Waals surface area contributed by atoms with Gasteiger partial charge in [-0.15, -0.1) is 0 Å². The first-order valence-corrected chi connectivity index (χ1v) is 8.81. The smallest absolute Gasteiger partial charge is 0.237 e. The minimum Gasteiger partial charge on any atom is -0.331 e. The van der Waals surface area contributed by atoms with Gasteiger partial charge in [-0.2, -0.15) is 0 Å². The van der Waals surface area contributed by atoms with Crippen LogP contribution in [0.5, 0.6) is 0 Å². The molecule has 5 nitrogen and oxygen atoms in total. The van der Waals surface area contributed by atoms with Gasteiger partial charge in [0.05, 0.1) is 15.8 Å². The molecule has 1 amide bonds. The molecule has 0 fully saturated rings. The minimum absolute atomic E-state index is 0.128. The number of imidazole rings is 1. The van der Waals surface area contributed by atoms with Crippen LogP contribution in [0, 0.1) is 6.92 Å². The van der Waals surface area contributed by atoms with Crippen LogP contribution < -0.4 is 5.32 Å². The van der Waals surface area contributed by atoms with Gasteiger partial charge in [-0.1, -0.05) is 41.0 Å². The molecule has 2 N–H and O–H groups in total. The molecule has 24 heavy (non-hydrogen) atoms. The number of aryl methyl sites for hydroxylation is 1. The SMILES string of the molecule is Cc1ccc(Cl)cc1NC(=O)[C@@H](C)Sc1nc2ncc(Cl)cc2[nH]1. The Bertz CT molecular complexity index is 912. The van der Waals surface area contributed by atoms with Crippen molar-refractivity contribution in [3.63, 3.8) is 0 Å². The van der Waals surface area contributed by atoms with Crippen LogP contribution in [0.25, 0.3) is 11.2 Å². The highest BCUT2D eigenvalue weighted by Gasteiger charge is 2.18. The van der Waals surface area contributed by atoms with Crippen LogP contribution in [0.3, 0.4) is 0 Å². The number of halogens is 2. The fourth-order valence-electron chi connectivity index (χ4n) is 2.09. The minimum atomic E-state index is -0.348. The second-order valence-electron chi connectivity index (χ2n) is 5.28. The van der Waals surface area contributed by atoms with Gasteiger partial charge in [-0.3, -0.25) is 4.79 Å². The molecule has 0 unspecified atom stereocenters. The predicted molar refractivity (Wildman–Crippen MR) is 99.0 cm³/mol. The summed E-state index contributed by atoms with van der Waals surface area (Å²) < 4.78 is 0. The summed E-state index contributed by atoms with van der Waals surface area (Å²) in [6.45, 7) is 3.73. The van der Waals surface area contributed by atoms with Gasteiger partial charge >= 0.3 is 0 Å². The largest absolute Gasteiger partial charge is 0.331 e. The van der Waals surface area contributed by atoms with E-state index in [4.69, 9.17) is 23.2 Å². The fourth-order valence-corrected chi connectivity index (χ4v) is 3.23. The molecular weight excluding hydrogens is 367 g/mol. The molecule has 124 valence electrons. The summed E-state index contributed by atoms with van der Waals surface area (Å²) in [7, 11) is 0. The first kappa shape index (κ1) is 17.1. The number of H-pyrrole nitrogens is 1. The summed E-state index contributed by atoms with van der Waals surface area (Å²) >= 11 is 13.2. The number of anilines is 1. The maximum absolute atomic E-state index is 12.4. The van der Waals surface area contributed by atoms with E-state index in [0.717, 1.165) is 11.1 Å². The molecule has 1 atom stereocenters. The molecule has 0 saturated carbocycles. The summed E-state index contributed by atoms with van der Waals surface area (Å²) in [4.78, 5) is 24.0. The number of carbonyl (C=O) groups excluding carboxylic acids is 1. The third kappa shape index (κ3) is 3.83. The average Bonchev–Trinajstić information content (AvgIpc) is 2.92. The number of carbonyl (C=O) groups is 1. The normalized spacial score (nSPS) is 12.3. The van der Waals surface area contributed by atoms with Crippen molar-refractivity contribution < 1.29 is 4.79 Å². The number of hydrogen-bond acceptors (Lipinski definition) is 4. The lowest BCUT2D eigenvalue weighted by Gasteiger charge is -2.12. The van der Waals surface area contributed by atoms with E-state index in [0.29, 0.717) is 26.5 Å². The van der Waals surface area contributed by atoms with Crippen molar-refractivity contribution >= 4 is 57.7 Å². The lowest BCUT2D eigenvalue weighted by atomic mass is 10.2. The molecule has 2 aromatic heterocycles. The molecule has 0 spiro atoms. The van der Waals surface area contributed by atoms with E-state index in [1.807, 2.05) is 19.9 Å². The van der Waals surface area contributed by atoms with E-state index in [1.165, 1.54) is 18.0 Å². The number of aromatic amines is 1. The Morgan fingerprint density at radius 2 is 2.08 bits per heavy atom. The molecule has 0 saturated heterocycles. The van der Waals surface area contributed by atoms with Gasteiger partial charge in [0.2, 0.25) is 5.91 Å². The zero-order valence-electron chi connectivity index (χ0n) is 12.9.